The van der Waals surface area contributed by atoms with Crippen LogP contribution in [0, 0.1) is 10.1 Å². The molecule has 158 valence electrons. The van der Waals surface area contributed by atoms with Crippen LogP contribution in [0.3, 0.4) is 0 Å². The van der Waals surface area contributed by atoms with Crippen molar-refractivity contribution >= 4 is 33.7 Å². The number of anilines is 1. The van der Waals surface area contributed by atoms with E-state index in [2.05, 4.69) is 15.5 Å². The van der Waals surface area contributed by atoms with Crippen LogP contribution < -0.4 is 9.73 Å². The molecule has 1 amide bonds. The number of nitrogens with zero attached hydrogens (tertiary/aromatic N) is 4. The zero-order chi connectivity index (χ0) is 22.3. The van der Waals surface area contributed by atoms with Gasteiger partial charge in [0.15, 0.2) is 0 Å². The lowest BCUT2D eigenvalue weighted by Crippen LogP contribution is -2.40. The summed E-state index contributed by atoms with van der Waals surface area (Å²) < 4.78 is 27.0. The predicted molar refractivity (Wildman–Crippen MR) is 114 cm³/mol. The van der Waals surface area contributed by atoms with Crippen molar-refractivity contribution in [3.63, 3.8) is 0 Å². The zero-order valence-electron chi connectivity index (χ0n) is 16.0. The number of hydrogen-bond donors (Lipinski definition) is 1. The van der Waals surface area contributed by atoms with Crippen LogP contribution in [0.1, 0.15) is 5.56 Å². The molecule has 0 unspecified atom stereocenters. The van der Waals surface area contributed by atoms with Gasteiger partial charge in [-0.15, -0.1) is 0 Å². The molecule has 31 heavy (non-hydrogen) atoms. The first-order valence-electron chi connectivity index (χ1n) is 8.93. The first kappa shape index (κ1) is 21.6. The van der Waals surface area contributed by atoms with Crippen molar-refractivity contribution in [3.05, 3.63) is 94.7 Å². The number of hydrazone groups is 1. The van der Waals surface area contributed by atoms with Gasteiger partial charge in [0.2, 0.25) is 0 Å². The topological polar surface area (TPSA) is 135 Å². The van der Waals surface area contributed by atoms with Crippen molar-refractivity contribution < 1.29 is 18.1 Å². The van der Waals surface area contributed by atoms with Gasteiger partial charge >= 0.3 is 0 Å². The van der Waals surface area contributed by atoms with Crippen LogP contribution in [0.2, 0.25) is 0 Å². The zero-order valence-corrected chi connectivity index (χ0v) is 16.8. The average Bonchev–Trinajstić information content (AvgIpc) is 2.79. The van der Waals surface area contributed by atoms with E-state index >= 15 is 0 Å². The highest BCUT2D eigenvalue weighted by Gasteiger charge is 2.27. The third kappa shape index (κ3) is 5.48. The van der Waals surface area contributed by atoms with Gasteiger partial charge in [0.1, 0.15) is 12.4 Å². The summed E-state index contributed by atoms with van der Waals surface area (Å²) in [6.07, 6.45) is 2.64. The summed E-state index contributed by atoms with van der Waals surface area (Å²) in [6.45, 7) is -0.569. The second-order valence-electron chi connectivity index (χ2n) is 6.16. The molecule has 2 aromatic carbocycles. The molecule has 3 rings (SSSR count). The molecule has 1 N–H and O–H groups in total. The molecule has 0 aliphatic heterocycles. The number of pyridine rings is 1. The highest BCUT2D eigenvalue weighted by Crippen LogP contribution is 2.21. The van der Waals surface area contributed by atoms with E-state index in [9.17, 15) is 23.3 Å². The van der Waals surface area contributed by atoms with Crippen molar-refractivity contribution in [1.82, 2.24) is 10.4 Å². The minimum absolute atomic E-state index is 0.00792. The van der Waals surface area contributed by atoms with E-state index in [1.807, 2.05) is 0 Å². The van der Waals surface area contributed by atoms with E-state index in [1.54, 1.807) is 36.4 Å². The molecule has 0 aliphatic carbocycles. The Balaban J connectivity index is 1.78. The minimum Gasteiger partial charge on any atom is -0.271 e. The molecule has 0 radical (unpaired) electrons. The Kier molecular flexibility index (Phi) is 6.67. The number of nitro benzene ring substituents is 1. The van der Waals surface area contributed by atoms with Crippen molar-refractivity contribution in [2.24, 2.45) is 5.10 Å². The average molecular weight is 439 g/mol. The molecule has 0 fully saturated rings. The van der Waals surface area contributed by atoms with Gasteiger partial charge in [-0.1, -0.05) is 36.4 Å². The maximum absolute atomic E-state index is 13.1. The van der Waals surface area contributed by atoms with Gasteiger partial charge in [-0.2, -0.15) is 5.10 Å². The summed E-state index contributed by atoms with van der Waals surface area (Å²) >= 11 is 0. The number of aromatic nitrogens is 1. The van der Waals surface area contributed by atoms with E-state index in [4.69, 9.17) is 0 Å². The summed E-state index contributed by atoms with van der Waals surface area (Å²) in [5.74, 6) is -0.643. The summed E-state index contributed by atoms with van der Waals surface area (Å²) in [4.78, 5) is 26.7. The molecule has 3 aromatic rings. The van der Waals surface area contributed by atoms with Crippen LogP contribution in [-0.4, -0.2) is 37.0 Å². The molecular weight excluding hydrogens is 422 g/mol. The molecule has 1 aromatic heterocycles. The van der Waals surface area contributed by atoms with Gasteiger partial charge < -0.3 is 0 Å². The van der Waals surface area contributed by atoms with Gasteiger partial charge in [-0.05, 0) is 24.3 Å². The van der Waals surface area contributed by atoms with E-state index in [1.165, 1.54) is 48.8 Å². The van der Waals surface area contributed by atoms with Crippen molar-refractivity contribution in [2.45, 2.75) is 4.90 Å². The molecule has 0 spiro atoms. The fourth-order valence-corrected chi connectivity index (χ4v) is 3.97. The highest BCUT2D eigenvalue weighted by molar-refractivity contribution is 7.92. The molecular formula is C20H17N5O5S. The van der Waals surface area contributed by atoms with E-state index in [0.717, 1.165) is 4.31 Å². The minimum atomic E-state index is -4.06. The van der Waals surface area contributed by atoms with Crippen LogP contribution in [-0.2, 0) is 14.8 Å². The third-order valence-corrected chi connectivity index (χ3v) is 5.77. The number of carbonyl (C=O) groups is 1. The highest BCUT2D eigenvalue weighted by atomic mass is 32.2. The van der Waals surface area contributed by atoms with Gasteiger partial charge in [0.25, 0.3) is 21.6 Å². The van der Waals surface area contributed by atoms with Gasteiger partial charge in [-0.3, -0.25) is 14.9 Å². The molecule has 0 bridgehead atoms. The quantitative estimate of drug-likeness (QED) is 0.325. The smallest absolute Gasteiger partial charge is 0.270 e. The van der Waals surface area contributed by atoms with Crippen LogP contribution in [0.15, 0.2) is 89.0 Å². The van der Waals surface area contributed by atoms with E-state index in [0.29, 0.717) is 5.56 Å². The Labute approximate surface area is 178 Å². The fourth-order valence-electron chi connectivity index (χ4n) is 2.57. The Morgan fingerprint density at radius 1 is 1.10 bits per heavy atom. The van der Waals surface area contributed by atoms with E-state index in [-0.39, 0.29) is 16.4 Å². The molecule has 11 heteroatoms. The normalized spacial score (nSPS) is 11.2. The maximum Gasteiger partial charge on any atom is 0.270 e. The Hall–Kier alpha value is -4.12. The number of sulfonamides is 1. The second kappa shape index (κ2) is 9.59. The molecule has 0 aliphatic rings. The molecule has 0 saturated heterocycles. The molecule has 0 saturated carbocycles. The summed E-state index contributed by atoms with van der Waals surface area (Å²) in [7, 11) is -4.06. The SMILES string of the molecule is O=C(CN(c1ccccn1)S(=O)(=O)c1ccccc1)N/N=C\c1cccc([N+](=O)[O-])c1. The Morgan fingerprint density at radius 3 is 2.52 bits per heavy atom. The fraction of sp³-hybridized carbons (Fsp3) is 0.0500. The molecule has 1 heterocycles. The molecule has 10 nitrogen and oxygen atoms in total. The number of nitrogens with one attached hydrogen (secondary N) is 1. The summed E-state index contributed by atoms with van der Waals surface area (Å²) in [6, 6.07) is 18.0. The van der Waals surface area contributed by atoms with Gasteiger partial charge in [-0.25, -0.2) is 23.1 Å². The number of amides is 1. The van der Waals surface area contributed by atoms with Crippen molar-refractivity contribution in [2.75, 3.05) is 10.8 Å². The summed E-state index contributed by atoms with van der Waals surface area (Å²) in [5, 5.41) is 14.6. The first-order valence-corrected chi connectivity index (χ1v) is 10.4. The van der Waals surface area contributed by atoms with Gasteiger partial charge in [0, 0.05) is 23.9 Å². The number of hydrogen-bond acceptors (Lipinski definition) is 7. The Morgan fingerprint density at radius 2 is 1.84 bits per heavy atom. The number of non-ortho nitro benzene ring substituents is 1. The number of benzene rings is 2. The Bertz CT molecular complexity index is 1200. The lowest BCUT2D eigenvalue weighted by molar-refractivity contribution is -0.384. The second-order valence-corrected chi connectivity index (χ2v) is 8.02. The standard InChI is InChI=1S/C20H17N5O5S/c26-20(23-22-14-16-7-6-8-17(13-16)25(27)28)15-24(19-11-4-5-12-21-19)31(29,30)18-9-2-1-3-10-18/h1-14H,15H2,(H,23,26)/b22-14-. The lowest BCUT2D eigenvalue weighted by atomic mass is 10.2. The lowest BCUT2D eigenvalue weighted by Gasteiger charge is -2.22. The van der Waals surface area contributed by atoms with Crippen LogP contribution in [0.25, 0.3) is 0 Å². The first-order chi connectivity index (χ1) is 14.9. The number of carbonyl (C=O) groups excluding carboxylic acids is 1. The van der Waals surface area contributed by atoms with Gasteiger partial charge in [0.05, 0.1) is 16.0 Å². The number of nitro groups is 1. The maximum atomic E-state index is 13.1. The van der Waals surface area contributed by atoms with Crippen molar-refractivity contribution in [1.29, 1.82) is 0 Å². The summed E-state index contributed by atoms with van der Waals surface area (Å²) in [5.41, 5.74) is 2.51. The van der Waals surface area contributed by atoms with Crippen LogP contribution >= 0.6 is 0 Å². The van der Waals surface area contributed by atoms with Crippen molar-refractivity contribution in [3.8, 4) is 0 Å². The largest absolute Gasteiger partial charge is 0.271 e. The van der Waals surface area contributed by atoms with Crippen LogP contribution in [0.4, 0.5) is 11.5 Å². The van der Waals surface area contributed by atoms with Crippen LogP contribution in [0.5, 0.6) is 0 Å². The molecule has 0 atom stereocenters. The monoisotopic (exact) mass is 439 g/mol. The predicted octanol–water partition coefficient (Wildman–Crippen LogP) is 2.34. The van der Waals surface area contributed by atoms with E-state index < -0.39 is 27.4 Å². The third-order valence-electron chi connectivity index (χ3n) is 4.01. The number of rotatable bonds is 8.